The van der Waals surface area contributed by atoms with Gasteiger partial charge < -0.3 is 24.8 Å². The fourth-order valence-corrected chi connectivity index (χ4v) is 6.54. The molecule has 0 spiro atoms. The van der Waals surface area contributed by atoms with E-state index >= 15 is 0 Å². The smallest absolute Gasteiger partial charge is 0.462 e. The maximum absolute atomic E-state index is 13.4. The summed E-state index contributed by atoms with van der Waals surface area (Å²) in [5.74, 6) is -0.474. The minimum atomic E-state index is -4.10. The van der Waals surface area contributed by atoms with Crippen LogP contribution in [0.5, 0.6) is 0 Å². The predicted octanol–water partition coefficient (Wildman–Crippen LogP) is 9.74. The summed E-state index contributed by atoms with van der Waals surface area (Å²) in [5, 5.41) is 5.50. The molecule has 12 nitrogen and oxygen atoms in total. The number of alkyl carbamates (subject to hydrolysis) is 1. The molecule has 0 radical (unpaired) electrons. The molecule has 0 bridgehead atoms. The first-order chi connectivity index (χ1) is 24.8. The second kappa shape index (κ2) is 32.5. The van der Waals surface area contributed by atoms with Gasteiger partial charge >= 0.3 is 19.9 Å². The van der Waals surface area contributed by atoms with Gasteiger partial charge in [-0.15, -0.1) is 6.58 Å². The highest BCUT2D eigenvalue weighted by atomic mass is 31.2. The van der Waals surface area contributed by atoms with Crippen LogP contribution in [0.25, 0.3) is 0 Å². The Balaban J connectivity index is 5.12. The minimum absolute atomic E-state index is 0.00402. The summed E-state index contributed by atoms with van der Waals surface area (Å²) >= 11 is 0. The first kappa shape index (κ1) is 50.0. The molecule has 2 N–H and O–H groups in total. The molecule has 0 aromatic carbocycles. The van der Waals surface area contributed by atoms with Crippen LogP contribution < -0.4 is 10.6 Å². The third kappa shape index (κ3) is 32.7. The summed E-state index contributed by atoms with van der Waals surface area (Å²) in [4.78, 5) is 36.6. The molecule has 52 heavy (non-hydrogen) atoms. The molecule has 0 aliphatic carbocycles. The first-order valence-corrected chi connectivity index (χ1v) is 21.5. The summed E-state index contributed by atoms with van der Waals surface area (Å²) in [7, 11) is -4.10. The monoisotopic (exact) mass is 763 g/mol. The van der Waals surface area contributed by atoms with E-state index < -0.39 is 25.6 Å². The van der Waals surface area contributed by atoms with Crippen LogP contribution in [0.4, 0.5) is 4.79 Å². The van der Waals surface area contributed by atoms with Crippen molar-refractivity contribution in [2.24, 2.45) is 0 Å². The summed E-state index contributed by atoms with van der Waals surface area (Å²) in [6, 6.07) is -0.648. The Morgan fingerprint density at radius 1 is 0.750 bits per heavy atom. The van der Waals surface area contributed by atoms with E-state index in [4.69, 9.17) is 27.8 Å². The number of ether oxygens (including phenoxy) is 3. The van der Waals surface area contributed by atoms with Crippen molar-refractivity contribution >= 4 is 25.8 Å². The van der Waals surface area contributed by atoms with E-state index in [2.05, 4.69) is 31.1 Å². The number of nitrogens with one attached hydrogen (secondary N) is 2. The van der Waals surface area contributed by atoms with Crippen LogP contribution in [-0.4, -0.2) is 75.3 Å². The number of phosphoric ester groups is 1. The molecule has 0 aliphatic rings. The molecule has 0 fully saturated rings. The lowest BCUT2D eigenvalue weighted by atomic mass is 10.1. The average molecular weight is 763 g/mol. The van der Waals surface area contributed by atoms with E-state index in [0.717, 1.165) is 51.4 Å². The Hall–Kier alpha value is -1.98. The van der Waals surface area contributed by atoms with Crippen molar-refractivity contribution in [3.63, 3.8) is 0 Å². The molecule has 2 amide bonds. The Labute approximate surface area is 316 Å². The van der Waals surface area contributed by atoms with Crippen molar-refractivity contribution in [3.8, 4) is 0 Å². The number of phosphoric acid groups is 1. The topological polar surface area (TPSA) is 148 Å². The van der Waals surface area contributed by atoms with Crippen molar-refractivity contribution in [1.82, 2.24) is 10.6 Å². The molecule has 1 unspecified atom stereocenters. The fraction of sp³-hybridized carbons (Fsp3) is 0.872. The van der Waals surface area contributed by atoms with Crippen LogP contribution >= 0.6 is 7.82 Å². The quantitative estimate of drug-likeness (QED) is 0.0277. The van der Waals surface area contributed by atoms with Crippen LogP contribution in [0.3, 0.4) is 0 Å². The van der Waals surface area contributed by atoms with Crippen molar-refractivity contribution in [2.75, 3.05) is 39.6 Å². The maximum atomic E-state index is 13.4. The fourth-order valence-electron chi connectivity index (χ4n) is 5.36. The molecule has 3 atom stereocenters. The summed E-state index contributed by atoms with van der Waals surface area (Å²) in [6.07, 6.45) is 20.8. The molecule has 13 heteroatoms. The van der Waals surface area contributed by atoms with Crippen LogP contribution in [0.15, 0.2) is 12.7 Å². The highest BCUT2D eigenvalue weighted by molar-refractivity contribution is 7.48. The van der Waals surface area contributed by atoms with Crippen LogP contribution in [0, 0.1) is 0 Å². The molecule has 0 saturated heterocycles. The van der Waals surface area contributed by atoms with Gasteiger partial charge in [-0.3, -0.25) is 23.2 Å². The normalized spacial score (nSPS) is 13.9. The van der Waals surface area contributed by atoms with Crippen molar-refractivity contribution in [3.05, 3.63) is 12.7 Å². The summed E-state index contributed by atoms with van der Waals surface area (Å²) in [6.45, 7) is 14.6. The van der Waals surface area contributed by atoms with Crippen LogP contribution in [0.1, 0.15) is 164 Å². The molecule has 0 aromatic heterocycles. The molecule has 0 heterocycles. The minimum Gasteiger partial charge on any atom is -0.462 e. The Bertz CT molecular complexity index is 975. The molecule has 0 saturated carbocycles. The van der Waals surface area contributed by atoms with E-state index in [9.17, 15) is 18.9 Å². The Morgan fingerprint density at radius 3 is 1.88 bits per heavy atom. The molecular formula is C39H75N2O10P. The summed E-state index contributed by atoms with van der Waals surface area (Å²) < 4.78 is 46.6. The van der Waals surface area contributed by atoms with Gasteiger partial charge in [-0.05, 0) is 40.0 Å². The van der Waals surface area contributed by atoms with Gasteiger partial charge in [0, 0.05) is 26.3 Å². The van der Waals surface area contributed by atoms with Gasteiger partial charge in [0.2, 0.25) is 5.91 Å². The number of hydrogen-bond acceptors (Lipinski definition) is 10. The van der Waals surface area contributed by atoms with Gasteiger partial charge in [0.25, 0.3) is 0 Å². The lowest BCUT2D eigenvalue weighted by molar-refractivity contribution is -0.147. The third-order valence-electron chi connectivity index (χ3n) is 8.04. The Kier molecular flexibility index (Phi) is 31.2. The zero-order chi connectivity index (χ0) is 38.9. The molecule has 0 aliphatic heterocycles. The van der Waals surface area contributed by atoms with E-state index in [1.54, 1.807) is 20.8 Å². The molecule has 0 rings (SSSR count). The second-order valence-electron chi connectivity index (χ2n) is 14.4. The largest absolute Gasteiger partial charge is 0.475 e. The van der Waals surface area contributed by atoms with Gasteiger partial charge in [-0.1, -0.05) is 110 Å². The molecule has 306 valence electrons. The number of esters is 1. The lowest BCUT2D eigenvalue weighted by Gasteiger charge is -2.23. The van der Waals surface area contributed by atoms with E-state index in [1.165, 1.54) is 70.8 Å². The van der Waals surface area contributed by atoms with Crippen molar-refractivity contribution in [2.45, 2.75) is 181 Å². The van der Waals surface area contributed by atoms with Gasteiger partial charge in [0.15, 0.2) is 0 Å². The average Bonchev–Trinajstić information content (AvgIpc) is 3.07. The standard InChI is InChI=1S/C39H75N2O10P/c1-8-11-13-15-16-17-18-19-20-22-24-26-37(43)41-35(32-46-30-27-36(50-34(4)42)25-23-21-14-12-9-2)33-49-52(45,47-29-10-3)48-31-28-40-38(44)51-39(5,6)7/h10,35-36H,3,8-9,11-33H2,1-2,4-7H3,(H,40,44)(H,41,43)/t35-,36+,52?/m0/s1. The number of carbonyl (C=O) groups excluding carboxylic acids is 3. The van der Waals surface area contributed by atoms with Gasteiger partial charge in [-0.25, -0.2) is 9.36 Å². The van der Waals surface area contributed by atoms with Crippen LogP contribution in [-0.2, 0) is 41.9 Å². The first-order valence-electron chi connectivity index (χ1n) is 20.0. The number of rotatable bonds is 35. The SMILES string of the molecule is C=CCOP(=O)(OCCNC(=O)OC(C)(C)C)OC[C@H](COCC[C@@H](CCCCCCC)OC(C)=O)NC(=O)CCCCCCCCCCCCC. The predicted molar refractivity (Wildman–Crippen MR) is 207 cm³/mol. The van der Waals surface area contributed by atoms with Crippen molar-refractivity contribution in [1.29, 1.82) is 0 Å². The zero-order valence-corrected chi connectivity index (χ0v) is 34.5. The van der Waals surface area contributed by atoms with E-state index in [-0.39, 0.29) is 51.0 Å². The second-order valence-corrected chi connectivity index (χ2v) is 16.1. The van der Waals surface area contributed by atoms with Gasteiger partial charge in [0.1, 0.15) is 11.7 Å². The number of carbonyl (C=O) groups is 3. The highest BCUT2D eigenvalue weighted by Crippen LogP contribution is 2.49. The third-order valence-corrected chi connectivity index (χ3v) is 9.47. The van der Waals surface area contributed by atoms with Gasteiger partial charge in [-0.2, -0.15) is 0 Å². The van der Waals surface area contributed by atoms with Gasteiger partial charge in [0.05, 0.1) is 39.1 Å². The number of hydrogen-bond donors (Lipinski definition) is 2. The molecule has 0 aromatic rings. The van der Waals surface area contributed by atoms with Crippen LogP contribution in [0.2, 0.25) is 0 Å². The summed E-state index contributed by atoms with van der Waals surface area (Å²) in [5.41, 5.74) is -0.666. The highest BCUT2D eigenvalue weighted by Gasteiger charge is 2.29. The van der Waals surface area contributed by atoms with Crippen molar-refractivity contribution < 1.29 is 46.7 Å². The lowest BCUT2D eigenvalue weighted by Crippen LogP contribution is -2.41. The zero-order valence-electron chi connectivity index (χ0n) is 33.6. The Morgan fingerprint density at radius 2 is 1.33 bits per heavy atom. The number of unbranched alkanes of at least 4 members (excludes halogenated alkanes) is 14. The maximum Gasteiger partial charge on any atom is 0.475 e. The van der Waals surface area contributed by atoms with E-state index in [1.807, 2.05) is 0 Å². The van der Waals surface area contributed by atoms with E-state index in [0.29, 0.717) is 19.4 Å². The number of amides is 2. The molecular weight excluding hydrogens is 687 g/mol.